The Kier molecular flexibility index (Phi) is 7.47. The van der Waals surface area contributed by atoms with Gasteiger partial charge in [-0.25, -0.2) is 9.78 Å². The summed E-state index contributed by atoms with van der Waals surface area (Å²) in [5, 5.41) is 0.340. The van der Waals surface area contributed by atoms with Gasteiger partial charge in [-0.2, -0.15) is 0 Å². The standard InChI is InChI=1S/C23H26ClIN2O4/c1-5-30-22(29)16-12-27(9-8-17(16)28)19(23(2,3)4)11-15-10-18(20(24)26-21(15)25)31-13-14-6-7-14/h8-12,14H,5-7,13H2,1-4H3/b19-11-. The van der Waals surface area contributed by atoms with Crippen LogP contribution in [0.4, 0.5) is 0 Å². The highest BCUT2D eigenvalue weighted by atomic mass is 127. The lowest BCUT2D eigenvalue weighted by Crippen LogP contribution is -2.21. The first-order valence-electron chi connectivity index (χ1n) is 10.2. The molecular formula is C23H26ClIN2O4. The molecule has 0 radical (unpaired) electrons. The van der Waals surface area contributed by atoms with Crippen LogP contribution >= 0.6 is 34.2 Å². The number of ether oxygens (including phenoxy) is 2. The minimum absolute atomic E-state index is 0.00289. The molecule has 0 bridgehead atoms. The van der Waals surface area contributed by atoms with E-state index in [2.05, 4.69) is 48.3 Å². The molecule has 0 aromatic carbocycles. The molecule has 0 spiro atoms. The maximum absolute atomic E-state index is 12.2. The second-order valence-corrected chi connectivity index (χ2v) is 9.92. The molecule has 0 aliphatic heterocycles. The molecule has 6 nitrogen and oxygen atoms in total. The van der Waals surface area contributed by atoms with Crippen molar-refractivity contribution in [1.29, 1.82) is 0 Å². The van der Waals surface area contributed by atoms with E-state index in [0.717, 1.165) is 15.0 Å². The smallest absolute Gasteiger partial charge is 0.343 e. The SMILES string of the molecule is CCOC(=O)c1cn(/C(=C\c2cc(OCC3CC3)c(Cl)nc2I)C(C)(C)C)ccc1=O. The van der Waals surface area contributed by atoms with Crippen molar-refractivity contribution in [2.45, 2.75) is 40.5 Å². The van der Waals surface area contributed by atoms with Gasteiger partial charge in [0.25, 0.3) is 0 Å². The monoisotopic (exact) mass is 556 g/mol. The fourth-order valence-corrected chi connectivity index (χ4v) is 3.87. The third-order valence-electron chi connectivity index (χ3n) is 4.85. The number of pyridine rings is 2. The molecule has 31 heavy (non-hydrogen) atoms. The third-order valence-corrected chi connectivity index (χ3v) is 5.99. The highest BCUT2D eigenvalue weighted by Crippen LogP contribution is 2.35. The molecule has 3 rings (SSSR count). The fraction of sp³-hybridized carbons (Fsp3) is 0.435. The summed E-state index contributed by atoms with van der Waals surface area (Å²) < 4.78 is 13.4. The van der Waals surface area contributed by atoms with Crippen LogP contribution < -0.4 is 10.2 Å². The van der Waals surface area contributed by atoms with Crippen LogP contribution in [-0.4, -0.2) is 28.7 Å². The summed E-state index contributed by atoms with van der Waals surface area (Å²) >= 11 is 8.44. The first kappa shape index (κ1) is 23.8. The molecule has 2 aromatic rings. The van der Waals surface area contributed by atoms with Gasteiger partial charge in [-0.05, 0) is 60.4 Å². The van der Waals surface area contributed by atoms with Crippen LogP contribution in [0.1, 0.15) is 56.5 Å². The van der Waals surface area contributed by atoms with Gasteiger partial charge in [0.2, 0.25) is 0 Å². The maximum Gasteiger partial charge on any atom is 0.343 e. The highest BCUT2D eigenvalue weighted by molar-refractivity contribution is 14.1. The van der Waals surface area contributed by atoms with Gasteiger partial charge in [-0.15, -0.1) is 0 Å². The van der Waals surface area contributed by atoms with Crippen molar-refractivity contribution >= 4 is 51.9 Å². The zero-order valence-corrected chi connectivity index (χ0v) is 21.0. The van der Waals surface area contributed by atoms with Crippen molar-refractivity contribution in [1.82, 2.24) is 9.55 Å². The van der Waals surface area contributed by atoms with Gasteiger partial charge in [0, 0.05) is 35.1 Å². The number of aromatic nitrogens is 2. The van der Waals surface area contributed by atoms with Crippen LogP contribution in [0.15, 0.2) is 29.3 Å². The first-order chi connectivity index (χ1) is 14.6. The van der Waals surface area contributed by atoms with Gasteiger partial charge in [-0.3, -0.25) is 4.79 Å². The zero-order valence-electron chi connectivity index (χ0n) is 18.1. The second-order valence-electron chi connectivity index (χ2n) is 8.54. The van der Waals surface area contributed by atoms with E-state index >= 15 is 0 Å². The summed E-state index contributed by atoms with van der Waals surface area (Å²) in [6.07, 6.45) is 7.53. The molecule has 0 unspecified atom stereocenters. The number of esters is 1. The van der Waals surface area contributed by atoms with Gasteiger partial charge in [0.1, 0.15) is 9.26 Å². The number of nitrogens with zero attached hydrogens (tertiary/aromatic N) is 2. The largest absolute Gasteiger partial charge is 0.490 e. The Morgan fingerprint density at radius 1 is 1.39 bits per heavy atom. The predicted molar refractivity (Wildman–Crippen MR) is 130 cm³/mol. The van der Waals surface area contributed by atoms with E-state index in [4.69, 9.17) is 21.1 Å². The molecule has 0 atom stereocenters. The minimum atomic E-state index is -0.631. The van der Waals surface area contributed by atoms with Crippen molar-refractivity contribution in [3.63, 3.8) is 0 Å². The number of allylic oxidation sites excluding steroid dienone is 1. The minimum Gasteiger partial charge on any atom is -0.490 e. The number of hydrogen-bond acceptors (Lipinski definition) is 5. The van der Waals surface area contributed by atoms with E-state index < -0.39 is 5.97 Å². The maximum atomic E-state index is 12.2. The van der Waals surface area contributed by atoms with Crippen LogP contribution in [0, 0.1) is 15.0 Å². The molecule has 2 heterocycles. The molecule has 1 saturated carbocycles. The summed E-state index contributed by atoms with van der Waals surface area (Å²) in [5.74, 6) is 0.524. The van der Waals surface area contributed by atoms with E-state index in [1.165, 1.54) is 25.1 Å². The van der Waals surface area contributed by atoms with Crippen molar-refractivity contribution in [2.75, 3.05) is 13.2 Å². The summed E-state index contributed by atoms with van der Waals surface area (Å²) in [4.78, 5) is 28.9. The van der Waals surface area contributed by atoms with Crippen LogP contribution in [-0.2, 0) is 4.74 Å². The summed E-state index contributed by atoms with van der Waals surface area (Å²) in [6, 6.07) is 3.26. The number of halogens is 2. The van der Waals surface area contributed by atoms with Gasteiger partial charge in [-0.1, -0.05) is 32.4 Å². The molecule has 0 amide bonds. The average molecular weight is 557 g/mol. The predicted octanol–water partition coefficient (Wildman–Crippen LogP) is 5.51. The Morgan fingerprint density at radius 2 is 2.10 bits per heavy atom. The molecule has 1 aliphatic rings. The molecule has 1 aliphatic carbocycles. The van der Waals surface area contributed by atoms with E-state index in [9.17, 15) is 9.59 Å². The summed E-state index contributed by atoms with van der Waals surface area (Å²) in [6.45, 7) is 8.72. The third kappa shape index (κ3) is 6.10. The average Bonchev–Trinajstić information content (AvgIpc) is 3.51. The summed E-state index contributed by atoms with van der Waals surface area (Å²) in [5.41, 5.74) is 1.03. The first-order valence-corrected chi connectivity index (χ1v) is 11.7. The lowest BCUT2D eigenvalue weighted by molar-refractivity contribution is 0.0524. The van der Waals surface area contributed by atoms with E-state index in [-0.39, 0.29) is 23.0 Å². The molecule has 0 saturated heterocycles. The van der Waals surface area contributed by atoms with Crippen molar-refractivity contribution < 1.29 is 14.3 Å². The number of hydrogen-bond donors (Lipinski definition) is 0. The molecule has 2 aromatic heterocycles. The zero-order chi connectivity index (χ0) is 22.8. The molecular weight excluding hydrogens is 531 g/mol. The lowest BCUT2D eigenvalue weighted by Gasteiger charge is -2.26. The van der Waals surface area contributed by atoms with Gasteiger partial charge in [0.15, 0.2) is 16.3 Å². The van der Waals surface area contributed by atoms with Gasteiger partial charge in [0.05, 0.1) is 13.2 Å². The Bertz CT molecular complexity index is 1070. The Balaban J connectivity index is 2.06. The topological polar surface area (TPSA) is 70.4 Å². The molecule has 0 N–H and O–H groups in total. The van der Waals surface area contributed by atoms with E-state index in [0.29, 0.717) is 23.4 Å². The molecule has 166 valence electrons. The summed E-state index contributed by atoms with van der Waals surface area (Å²) in [7, 11) is 0. The van der Waals surface area contributed by atoms with Crippen LogP contribution in [0.5, 0.6) is 5.75 Å². The Labute approximate surface area is 200 Å². The van der Waals surface area contributed by atoms with Crippen LogP contribution in [0.3, 0.4) is 0 Å². The lowest BCUT2D eigenvalue weighted by atomic mass is 9.90. The van der Waals surface area contributed by atoms with E-state index in [1.807, 2.05) is 12.1 Å². The Hall–Kier alpha value is -1.87. The van der Waals surface area contributed by atoms with Crippen LogP contribution in [0.25, 0.3) is 11.8 Å². The number of carbonyl (C=O) groups is 1. The highest BCUT2D eigenvalue weighted by Gasteiger charge is 2.24. The molecule has 8 heteroatoms. The fourth-order valence-electron chi connectivity index (χ4n) is 2.98. The van der Waals surface area contributed by atoms with Gasteiger partial charge >= 0.3 is 5.97 Å². The number of carbonyl (C=O) groups excluding carboxylic acids is 1. The van der Waals surface area contributed by atoms with Gasteiger partial charge < -0.3 is 14.0 Å². The Morgan fingerprint density at radius 3 is 2.71 bits per heavy atom. The number of rotatable bonds is 7. The quantitative estimate of drug-likeness (QED) is 0.256. The van der Waals surface area contributed by atoms with Crippen molar-refractivity contribution in [2.24, 2.45) is 11.3 Å². The second kappa shape index (κ2) is 9.73. The van der Waals surface area contributed by atoms with Crippen molar-refractivity contribution in [3.05, 3.63) is 54.7 Å². The molecule has 1 fully saturated rings. The normalized spacial score (nSPS) is 14.5. The van der Waals surface area contributed by atoms with E-state index in [1.54, 1.807) is 17.7 Å². The van der Waals surface area contributed by atoms with Crippen molar-refractivity contribution in [3.8, 4) is 5.75 Å². The van der Waals surface area contributed by atoms with Crippen LogP contribution in [0.2, 0.25) is 5.15 Å².